The monoisotopic (exact) mass is 588 g/mol. The predicted molar refractivity (Wildman–Crippen MR) is 163 cm³/mol. The molecule has 1 aromatic heterocycles. The Labute approximate surface area is 249 Å². The Kier molecular flexibility index (Phi) is 8.43. The van der Waals surface area contributed by atoms with Crippen molar-refractivity contribution in [3.63, 3.8) is 0 Å². The quantitative estimate of drug-likeness (QED) is 0.365. The Balaban J connectivity index is 1.45. The molecule has 2 aliphatic heterocycles. The van der Waals surface area contributed by atoms with Crippen molar-refractivity contribution < 1.29 is 23.4 Å². The lowest BCUT2D eigenvalue weighted by Crippen LogP contribution is -2.68. The molecule has 2 aliphatic rings. The highest BCUT2D eigenvalue weighted by molar-refractivity contribution is 6.99. The van der Waals surface area contributed by atoms with E-state index in [0.717, 1.165) is 0 Å². The number of methoxy groups -OCH3 is 1. The molecule has 9 nitrogen and oxygen atoms in total. The molecule has 3 aromatic rings. The van der Waals surface area contributed by atoms with Gasteiger partial charge in [-0.3, -0.25) is 0 Å². The van der Waals surface area contributed by atoms with Gasteiger partial charge in [0.2, 0.25) is 11.7 Å². The van der Waals surface area contributed by atoms with E-state index in [4.69, 9.17) is 23.4 Å². The second kappa shape index (κ2) is 11.7. The number of nitriles is 1. The van der Waals surface area contributed by atoms with Crippen LogP contribution in [0.4, 0.5) is 5.82 Å². The van der Waals surface area contributed by atoms with Crippen molar-refractivity contribution in [3.8, 4) is 11.9 Å². The Hall–Kier alpha value is -3.33. The van der Waals surface area contributed by atoms with Gasteiger partial charge in [-0.15, -0.1) is 0 Å². The maximum Gasteiger partial charge on any atom is 0.261 e. The first kappa shape index (κ1) is 30.1. The maximum atomic E-state index is 9.45. The summed E-state index contributed by atoms with van der Waals surface area (Å²) in [6.45, 7) is 11.3. The standard InChI is InChI=1S/C32H40N4O5Si/c1-31(2,3)42(22-14-10-8-11-15-22,23-16-12-9-13-17-23)39-21-25-30-29(40-32(4,5)41-30)24(20-38-25)36(6)27-18-28(37-7)35-26(19-33)34-27/h8-18,24-25,29-30H,20-21H2,1-7H3/t24-,25+,29+,30-/m0/s1. The van der Waals surface area contributed by atoms with Crippen LogP contribution in [0.2, 0.25) is 5.04 Å². The van der Waals surface area contributed by atoms with Gasteiger partial charge < -0.3 is 28.3 Å². The molecule has 2 saturated heterocycles. The minimum Gasteiger partial charge on any atom is -0.481 e. The third-order valence-corrected chi connectivity index (χ3v) is 13.1. The van der Waals surface area contributed by atoms with E-state index in [9.17, 15) is 5.26 Å². The average Bonchev–Trinajstić information content (AvgIpc) is 3.32. The van der Waals surface area contributed by atoms with E-state index in [-0.39, 0.29) is 35.2 Å². The Morgan fingerprint density at radius 1 is 1.00 bits per heavy atom. The summed E-state index contributed by atoms with van der Waals surface area (Å²) in [6.07, 6.45) is -1.05. The first-order valence-electron chi connectivity index (χ1n) is 14.3. The van der Waals surface area contributed by atoms with Crippen LogP contribution in [0.25, 0.3) is 0 Å². The Morgan fingerprint density at radius 3 is 2.14 bits per heavy atom. The van der Waals surface area contributed by atoms with Crippen LogP contribution < -0.4 is 20.0 Å². The number of nitrogens with zero attached hydrogens (tertiary/aromatic N) is 4. The number of anilines is 1. The van der Waals surface area contributed by atoms with Gasteiger partial charge in [-0.2, -0.15) is 10.2 Å². The molecule has 10 heteroatoms. The van der Waals surface area contributed by atoms with Crippen LogP contribution in [0.1, 0.15) is 40.4 Å². The first-order valence-corrected chi connectivity index (χ1v) is 16.2. The highest BCUT2D eigenvalue weighted by atomic mass is 28.4. The van der Waals surface area contributed by atoms with Gasteiger partial charge >= 0.3 is 0 Å². The normalized spacial score (nSPS) is 23.6. The fourth-order valence-corrected chi connectivity index (χ4v) is 10.7. The largest absolute Gasteiger partial charge is 0.481 e. The van der Waals surface area contributed by atoms with Crippen molar-refractivity contribution in [2.75, 3.05) is 32.3 Å². The molecular formula is C32H40N4O5Si. The second-order valence-electron chi connectivity index (χ2n) is 12.3. The van der Waals surface area contributed by atoms with Gasteiger partial charge in [0.15, 0.2) is 5.79 Å². The van der Waals surface area contributed by atoms with Gasteiger partial charge in [0.05, 0.1) is 26.4 Å². The highest BCUT2D eigenvalue weighted by Crippen LogP contribution is 2.40. The molecular weight excluding hydrogens is 548 g/mol. The maximum absolute atomic E-state index is 9.45. The third-order valence-electron chi connectivity index (χ3n) is 8.13. The molecule has 42 heavy (non-hydrogen) atoms. The lowest BCUT2D eigenvalue weighted by Gasteiger charge is -2.46. The lowest BCUT2D eigenvalue weighted by atomic mass is 9.97. The molecule has 0 radical (unpaired) electrons. The summed E-state index contributed by atoms with van der Waals surface area (Å²) in [6, 6.07) is 24.6. The molecule has 0 aliphatic carbocycles. The number of rotatable bonds is 8. The fourth-order valence-electron chi connectivity index (χ4n) is 6.18. The number of fused-ring (bicyclic) bond motifs is 1. The van der Waals surface area contributed by atoms with Gasteiger partial charge in [0.25, 0.3) is 8.32 Å². The molecule has 0 N–H and O–H groups in total. The third kappa shape index (κ3) is 5.67. The summed E-state index contributed by atoms with van der Waals surface area (Å²) in [5.74, 6) is 0.0853. The second-order valence-corrected chi connectivity index (χ2v) is 16.6. The Morgan fingerprint density at radius 2 is 1.60 bits per heavy atom. The van der Waals surface area contributed by atoms with Gasteiger partial charge in [0.1, 0.15) is 30.2 Å². The molecule has 0 saturated carbocycles. The van der Waals surface area contributed by atoms with Gasteiger partial charge in [-0.25, -0.2) is 4.98 Å². The van der Waals surface area contributed by atoms with Crippen molar-refractivity contribution in [3.05, 3.63) is 72.6 Å². The topological polar surface area (TPSA) is 99.0 Å². The van der Waals surface area contributed by atoms with Crippen LogP contribution in [0, 0.1) is 11.3 Å². The van der Waals surface area contributed by atoms with Crippen LogP contribution in [0.15, 0.2) is 66.7 Å². The minimum atomic E-state index is -2.77. The number of aromatic nitrogens is 2. The van der Waals surface area contributed by atoms with Gasteiger partial charge in [-0.05, 0) is 29.3 Å². The molecule has 0 unspecified atom stereocenters. The first-order chi connectivity index (χ1) is 20.0. The fraction of sp³-hybridized carbons (Fsp3) is 0.469. The van der Waals surface area contributed by atoms with Crippen molar-refractivity contribution in [2.45, 2.75) is 69.8 Å². The Bertz CT molecular complexity index is 1370. The molecule has 2 fully saturated rings. The van der Waals surface area contributed by atoms with E-state index in [1.807, 2.05) is 44.0 Å². The predicted octanol–water partition coefficient (Wildman–Crippen LogP) is 3.66. The van der Waals surface area contributed by atoms with Gasteiger partial charge in [-0.1, -0.05) is 81.4 Å². The zero-order valence-electron chi connectivity index (χ0n) is 25.4. The molecule has 3 heterocycles. The average molecular weight is 589 g/mol. The summed E-state index contributed by atoms with van der Waals surface area (Å²) in [5, 5.41) is 11.7. The van der Waals surface area contributed by atoms with Crippen LogP contribution in [-0.4, -0.2) is 75.8 Å². The van der Waals surface area contributed by atoms with E-state index in [2.05, 4.69) is 79.3 Å². The summed E-state index contributed by atoms with van der Waals surface area (Å²) in [7, 11) is 0.645. The van der Waals surface area contributed by atoms with Crippen molar-refractivity contribution in [1.29, 1.82) is 5.26 Å². The molecule has 5 rings (SSSR count). The molecule has 4 atom stereocenters. The molecule has 0 amide bonds. The highest BCUT2D eigenvalue weighted by Gasteiger charge is 2.55. The van der Waals surface area contributed by atoms with Crippen LogP contribution in [-0.2, 0) is 18.6 Å². The van der Waals surface area contributed by atoms with E-state index in [0.29, 0.717) is 24.9 Å². The van der Waals surface area contributed by atoms with Crippen LogP contribution in [0.3, 0.4) is 0 Å². The number of ether oxygens (including phenoxy) is 4. The zero-order chi connectivity index (χ0) is 30.1. The SMILES string of the molecule is COc1cc(N(C)[C@H]2CO[C@H](CO[Si](c3ccccc3)(c3ccccc3)C(C)(C)C)[C@@H]3OC(C)(C)O[C@@H]32)nc(C#N)n1. The van der Waals surface area contributed by atoms with Crippen molar-refractivity contribution in [2.24, 2.45) is 0 Å². The lowest BCUT2D eigenvalue weighted by molar-refractivity contribution is -0.156. The van der Waals surface area contributed by atoms with E-state index in [1.54, 1.807) is 6.07 Å². The van der Waals surface area contributed by atoms with Crippen LogP contribution >= 0.6 is 0 Å². The summed E-state index contributed by atoms with van der Waals surface area (Å²) >= 11 is 0. The summed E-state index contributed by atoms with van der Waals surface area (Å²) < 4.78 is 32.0. The number of benzene rings is 2. The van der Waals surface area contributed by atoms with Crippen molar-refractivity contribution >= 4 is 24.5 Å². The molecule has 0 bridgehead atoms. The summed E-state index contributed by atoms with van der Waals surface area (Å²) in [5.41, 5.74) is 0. The minimum absolute atomic E-state index is 0.0324. The smallest absolute Gasteiger partial charge is 0.261 e. The number of hydrogen-bond donors (Lipinski definition) is 0. The number of hydrogen-bond acceptors (Lipinski definition) is 9. The molecule has 222 valence electrons. The van der Waals surface area contributed by atoms with Crippen LogP contribution in [0.5, 0.6) is 5.88 Å². The van der Waals surface area contributed by atoms with E-state index < -0.39 is 14.1 Å². The van der Waals surface area contributed by atoms with Crippen molar-refractivity contribution in [1.82, 2.24) is 9.97 Å². The number of likely N-dealkylation sites (N-methyl/N-ethyl adjacent to an activating group) is 1. The molecule has 2 aromatic carbocycles. The zero-order valence-corrected chi connectivity index (χ0v) is 26.4. The van der Waals surface area contributed by atoms with E-state index in [1.165, 1.54) is 17.5 Å². The van der Waals surface area contributed by atoms with E-state index >= 15 is 0 Å². The summed E-state index contributed by atoms with van der Waals surface area (Å²) in [4.78, 5) is 10.5. The van der Waals surface area contributed by atoms with Gasteiger partial charge in [0, 0.05) is 13.1 Å². The molecule has 0 spiro atoms.